The van der Waals surface area contributed by atoms with E-state index >= 15 is 0 Å². The van der Waals surface area contributed by atoms with Crippen LogP contribution in [-0.2, 0) is 14.6 Å². The number of sulfone groups is 1. The van der Waals surface area contributed by atoms with E-state index in [4.69, 9.17) is 9.52 Å². The Labute approximate surface area is 142 Å². The number of hydrogen-bond donors (Lipinski definition) is 2. The van der Waals surface area contributed by atoms with Crippen molar-refractivity contribution < 1.29 is 27.5 Å². The number of furan rings is 1. The van der Waals surface area contributed by atoms with Gasteiger partial charge in [0.1, 0.15) is 5.58 Å². The number of rotatable bonds is 5. The lowest BCUT2D eigenvalue weighted by Crippen LogP contribution is -2.17. The first-order chi connectivity index (χ1) is 11.3. The van der Waals surface area contributed by atoms with Crippen molar-refractivity contribution in [1.29, 1.82) is 0 Å². The highest BCUT2D eigenvalue weighted by atomic mass is 32.2. The Hall–Kier alpha value is -2.00. The van der Waals surface area contributed by atoms with Crippen molar-refractivity contribution in [3.8, 4) is 0 Å². The highest BCUT2D eigenvalue weighted by Crippen LogP contribution is 2.25. The lowest BCUT2D eigenvalue weighted by Gasteiger charge is -2.08. The van der Waals surface area contributed by atoms with Gasteiger partial charge in [-0.15, -0.1) is 11.8 Å². The van der Waals surface area contributed by atoms with Crippen LogP contribution in [0.25, 0.3) is 11.0 Å². The number of carboxylic acid groups (broad SMARTS) is 1. The number of fused-ring (bicyclic) bond motifs is 1. The van der Waals surface area contributed by atoms with Gasteiger partial charge in [0.2, 0.25) is 11.7 Å². The molecule has 1 aromatic carbocycles. The molecule has 2 N–H and O–H groups in total. The zero-order valence-electron chi connectivity index (χ0n) is 12.5. The molecule has 0 aliphatic carbocycles. The highest BCUT2D eigenvalue weighted by molar-refractivity contribution is 8.02. The first-order valence-corrected chi connectivity index (χ1v) is 10.1. The van der Waals surface area contributed by atoms with Crippen LogP contribution >= 0.6 is 11.8 Å². The number of carbonyl (C=O) groups excluding carboxylic acids is 1. The maximum Gasteiger partial charge on any atom is 0.371 e. The maximum atomic E-state index is 12.0. The van der Waals surface area contributed by atoms with Crippen LogP contribution in [0.4, 0.5) is 5.69 Å². The minimum absolute atomic E-state index is 0.0322. The molecule has 2 heterocycles. The van der Waals surface area contributed by atoms with Gasteiger partial charge in [0.25, 0.3) is 0 Å². The van der Waals surface area contributed by atoms with Crippen LogP contribution < -0.4 is 5.32 Å². The molecule has 0 spiro atoms. The van der Waals surface area contributed by atoms with E-state index in [1.807, 2.05) is 0 Å². The first kappa shape index (κ1) is 16.8. The molecule has 9 heteroatoms. The Kier molecular flexibility index (Phi) is 4.55. The number of nitrogens with one attached hydrogen (secondary N) is 1. The molecule has 1 amide bonds. The predicted octanol–water partition coefficient (Wildman–Crippen LogP) is 1.99. The number of benzene rings is 1. The van der Waals surface area contributed by atoms with E-state index in [0.717, 1.165) is 0 Å². The summed E-state index contributed by atoms with van der Waals surface area (Å²) in [5.41, 5.74) is 0.959. The van der Waals surface area contributed by atoms with E-state index in [0.29, 0.717) is 23.1 Å². The van der Waals surface area contributed by atoms with Crippen LogP contribution in [0, 0.1) is 0 Å². The minimum Gasteiger partial charge on any atom is -0.475 e. The third-order valence-corrected chi connectivity index (χ3v) is 6.93. The Morgan fingerprint density at radius 1 is 1.33 bits per heavy atom. The second-order valence-electron chi connectivity index (χ2n) is 5.55. The molecule has 1 aliphatic rings. The SMILES string of the molecule is O=C(CSC1CCS(=O)(=O)C1)Nc1ccc2oc(C(=O)O)cc2c1. The lowest BCUT2D eigenvalue weighted by molar-refractivity contribution is -0.113. The first-order valence-electron chi connectivity index (χ1n) is 7.21. The maximum absolute atomic E-state index is 12.0. The number of carbonyl (C=O) groups is 2. The summed E-state index contributed by atoms with van der Waals surface area (Å²) in [6.45, 7) is 0. The van der Waals surface area contributed by atoms with Gasteiger partial charge in [-0.3, -0.25) is 4.79 Å². The van der Waals surface area contributed by atoms with Gasteiger partial charge in [0, 0.05) is 16.3 Å². The van der Waals surface area contributed by atoms with Gasteiger partial charge in [-0.25, -0.2) is 13.2 Å². The van der Waals surface area contributed by atoms with Gasteiger partial charge >= 0.3 is 5.97 Å². The smallest absolute Gasteiger partial charge is 0.371 e. The van der Waals surface area contributed by atoms with E-state index < -0.39 is 15.8 Å². The quantitative estimate of drug-likeness (QED) is 0.828. The zero-order valence-corrected chi connectivity index (χ0v) is 14.2. The second-order valence-corrected chi connectivity index (χ2v) is 9.07. The molecule has 7 nitrogen and oxygen atoms in total. The van der Waals surface area contributed by atoms with E-state index in [1.165, 1.54) is 17.8 Å². The summed E-state index contributed by atoms with van der Waals surface area (Å²) in [4.78, 5) is 22.9. The van der Waals surface area contributed by atoms with Crippen molar-refractivity contribution in [3.05, 3.63) is 30.0 Å². The number of thioether (sulfide) groups is 1. The molecule has 1 aromatic heterocycles. The summed E-state index contributed by atoms with van der Waals surface area (Å²) < 4.78 is 27.9. The monoisotopic (exact) mass is 369 g/mol. The van der Waals surface area contributed by atoms with Crippen molar-refractivity contribution in [2.45, 2.75) is 11.7 Å². The fourth-order valence-corrected chi connectivity index (χ4v) is 5.95. The average Bonchev–Trinajstić information content (AvgIpc) is 3.07. The summed E-state index contributed by atoms with van der Waals surface area (Å²) in [5.74, 6) is -1.06. The van der Waals surface area contributed by atoms with E-state index in [1.54, 1.807) is 18.2 Å². The highest BCUT2D eigenvalue weighted by Gasteiger charge is 2.28. The fourth-order valence-electron chi connectivity index (χ4n) is 2.51. The van der Waals surface area contributed by atoms with Crippen molar-refractivity contribution in [3.63, 3.8) is 0 Å². The van der Waals surface area contributed by atoms with E-state index in [9.17, 15) is 18.0 Å². The molecule has 1 unspecified atom stereocenters. The molecule has 3 rings (SSSR count). The van der Waals surface area contributed by atoms with Crippen LogP contribution in [0.15, 0.2) is 28.7 Å². The van der Waals surface area contributed by atoms with Crippen LogP contribution in [0.5, 0.6) is 0 Å². The van der Waals surface area contributed by atoms with Gasteiger partial charge in [-0.2, -0.15) is 0 Å². The van der Waals surface area contributed by atoms with Crippen molar-refractivity contribution in [2.75, 3.05) is 22.6 Å². The van der Waals surface area contributed by atoms with Crippen molar-refractivity contribution in [1.82, 2.24) is 0 Å². The van der Waals surface area contributed by atoms with Gasteiger partial charge in [-0.05, 0) is 30.7 Å². The molecule has 1 atom stereocenters. The van der Waals surface area contributed by atoms with Crippen molar-refractivity contribution >= 4 is 50.1 Å². The third kappa shape index (κ3) is 3.90. The van der Waals surface area contributed by atoms with E-state index in [-0.39, 0.29) is 34.2 Å². The lowest BCUT2D eigenvalue weighted by atomic mass is 10.2. The zero-order chi connectivity index (χ0) is 17.3. The Morgan fingerprint density at radius 2 is 2.12 bits per heavy atom. The molecule has 1 saturated heterocycles. The molecular formula is C15H15NO6S2. The Balaban J connectivity index is 1.60. The molecule has 0 saturated carbocycles. The van der Waals surface area contributed by atoms with Crippen LogP contribution in [0.3, 0.4) is 0 Å². The van der Waals surface area contributed by atoms with Crippen LogP contribution in [-0.4, -0.2) is 47.9 Å². The standard InChI is InChI=1S/C15H15NO6S2/c17-14(7-23-11-3-4-24(20,21)8-11)16-10-1-2-12-9(5-10)6-13(22-12)15(18)19/h1-2,5-6,11H,3-4,7-8H2,(H,16,17)(H,18,19). The normalized spacial score (nSPS) is 19.4. The average molecular weight is 369 g/mol. The molecule has 1 fully saturated rings. The summed E-state index contributed by atoms with van der Waals surface area (Å²) in [7, 11) is -2.94. The van der Waals surface area contributed by atoms with Crippen LogP contribution in [0.1, 0.15) is 17.0 Å². The molecule has 0 radical (unpaired) electrons. The molecule has 128 valence electrons. The van der Waals surface area contributed by atoms with Gasteiger partial charge in [0.05, 0.1) is 17.3 Å². The second kappa shape index (κ2) is 6.48. The third-order valence-electron chi connectivity index (χ3n) is 3.65. The van der Waals surface area contributed by atoms with Gasteiger partial charge in [0.15, 0.2) is 9.84 Å². The van der Waals surface area contributed by atoms with Gasteiger partial charge < -0.3 is 14.8 Å². The molecular weight excluding hydrogens is 354 g/mol. The van der Waals surface area contributed by atoms with Crippen LogP contribution in [0.2, 0.25) is 0 Å². The van der Waals surface area contributed by atoms with Gasteiger partial charge in [-0.1, -0.05) is 0 Å². The molecule has 1 aliphatic heterocycles. The predicted molar refractivity (Wildman–Crippen MR) is 91.3 cm³/mol. The number of carboxylic acids is 1. The number of anilines is 1. The Bertz CT molecular complexity index is 902. The number of amides is 1. The van der Waals surface area contributed by atoms with E-state index in [2.05, 4.69) is 5.32 Å². The largest absolute Gasteiger partial charge is 0.475 e. The number of aromatic carboxylic acids is 1. The summed E-state index contributed by atoms with van der Waals surface area (Å²) in [6.07, 6.45) is 0.583. The number of hydrogen-bond acceptors (Lipinski definition) is 6. The summed E-state index contributed by atoms with van der Waals surface area (Å²) in [5, 5.41) is 12.2. The summed E-state index contributed by atoms with van der Waals surface area (Å²) in [6, 6.07) is 6.24. The Morgan fingerprint density at radius 3 is 2.79 bits per heavy atom. The molecule has 2 aromatic rings. The van der Waals surface area contributed by atoms with Crippen molar-refractivity contribution in [2.24, 2.45) is 0 Å². The molecule has 24 heavy (non-hydrogen) atoms. The minimum atomic E-state index is -2.94. The summed E-state index contributed by atoms with van der Waals surface area (Å²) >= 11 is 1.34. The fraction of sp³-hybridized carbons (Fsp3) is 0.333. The topological polar surface area (TPSA) is 114 Å². The molecule has 0 bridgehead atoms.